The summed E-state index contributed by atoms with van der Waals surface area (Å²) < 4.78 is 0. The minimum absolute atomic E-state index is 0.324. The van der Waals surface area contributed by atoms with Crippen LogP contribution in [0.2, 0.25) is 5.02 Å². The van der Waals surface area contributed by atoms with Crippen molar-refractivity contribution in [3.05, 3.63) is 64.7 Å². The fraction of sp³-hybridized carbons (Fsp3) is 0.250. The van der Waals surface area contributed by atoms with Crippen molar-refractivity contribution >= 4 is 23.4 Å². The van der Waals surface area contributed by atoms with E-state index in [-0.39, 0.29) is 0 Å². The molecule has 0 heterocycles. The van der Waals surface area contributed by atoms with E-state index in [0.29, 0.717) is 6.04 Å². The second-order valence-electron chi connectivity index (χ2n) is 4.41. The van der Waals surface area contributed by atoms with E-state index in [1.165, 1.54) is 16.0 Å². The third-order valence-corrected chi connectivity index (χ3v) is 4.28. The molecule has 2 aromatic rings. The molecule has 1 N–H and O–H groups in total. The molecule has 0 saturated heterocycles. The van der Waals surface area contributed by atoms with Gasteiger partial charge in [-0.25, -0.2) is 0 Å². The van der Waals surface area contributed by atoms with Crippen LogP contribution in [0.15, 0.2) is 53.4 Å². The first-order chi connectivity index (χ1) is 9.24. The lowest BCUT2D eigenvalue weighted by atomic mass is 9.99. The smallest absolute Gasteiger partial charge is 0.0406 e. The van der Waals surface area contributed by atoms with Crippen molar-refractivity contribution in [1.29, 1.82) is 0 Å². The van der Waals surface area contributed by atoms with Gasteiger partial charge in [-0.05, 0) is 49.1 Å². The average Bonchev–Trinajstić information content (AvgIpc) is 2.46. The van der Waals surface area contributed by atoms with Crippen LogP contribution in [0.5, 0.6) is 0 Å². The molecule has 0 fully saturated rings. The van der Waals surface area contributed by atoms with Crippen LogP contribution in [-0.4, -0.2) is 13.3 Å². The molecule has 0 bridgehead atoms. The van der Waals surface area contributed by atoms with E-state index in [2.05, 4.69) is 48.0 Å². The maximum Gasteiger partial charge on any atom is 0.0406 e. The normalized spacial score (nSPS) is 12.4. The Morgan fingerprint density at radius 2 is 1.79 bits per heavy atom. The first-order valence-corrected chi connectivity index (χ1v) is 7.89. The van der Waals surface area contributed by atoms with Gasteiger partial charge in [0.05, 0.1) is 0 Å². The van der Waals surface area contributed by atoms with Gasteiger partial charge in [0.1, 0.15) is 0 Å². The molecule has 2 aromatic carbocycles. The van der Waals surface area contributed by atoms with Gasteiger partial charge < -0.3 is 5.32 Å². The SMILES string of the molecule is CNC(Cc1ccc(Cl)cc1)c1ccccc1SC. The maximum atomic E-state index is 5.93. The summed E-state index contributed by atoms with van der Waals surface area (Å²) in [6, 6.07) is 17.0. The molecule has 19 heavy (non-hydrogen) atoms. The number of hydrogen-bond acceptors (Lipinski definition) is 2. The van der Waals surface area contributed by atoms with Crippen LogP contribution in [0.1, 0.15) is 17.2 Å². The lowest BCUT2D eigenvalue weighted by molar-refractivity contribution is 0.583. The minimum Gasteiger partial charge on any atom is -0.313 e. The van der Waals surface area contributed by atoms with Gasteiger partial charge in [0, 0.05) is 16.0 Å². The summed E-state index contributed by atoms with van der Waals surface area (Å²) in [5.41, 5.74) is 2.65. The van der Waals surface area contributed by atoms with Gasteiger partial charge in [-0.15, -0.1) is 11.8 Å². The molecule has 1 unspecified atom stereocenters. The fourth-order valence-corrected chi connectivity index (χ4v) is 2.96. The van der Waals surface area contributed by atoms with Gasteiger partial charge in [0.15, 0.2) is 0 Å². The molecular formula is C16H18ClNS. The molecule has 3 heteroatoms. The van der Waals surface area contributed by atoms with Crippen molar-refractivity contribution in [2.24, 2.45) is 0 Å². The summed E-state index contributed by atoms with van der Waals surface area (Å²) in [6.07, 6.45) is 3.08. The molecule has 0 aromatic heterocycles. The average molecular weight is 292 g/mol. The Kier molecular flexibility index (Phi) is 5.32. The highest BCUT2D eigenvalue weighted by molar-refractivity contribution is 7.98. The lowest BCUT2D eigenvalue weighted by Crippen LogP contribution is -2.19. The van der Waals surface area contributed by atoms with Gasteiger partial charge in [0.2, 0.25) is 0 Å². The number of thioether (sulfide) groups is 1. The molecule has 0 radical (unpaired) electrons. The number of hydrogen-bond donors (Lipinski definition) is 1. The van der Waals surface area contributed by atoms with Gasteiger partial charge in [-0.3, -0.25) is 0 Å². The third kappa shape index (κ3) is 3.75. The van der Waals surface area contributed by atoms with E-state index >= 15 is 0 Å². The first-order valence-electron chi connectivity index (χ1n) is 6.29. The Morgan fingerprint density at radius 1 is 1.11 bits per heavy atom. The molecule has 0 aliphatic carbocycles. The van der Waals surface area contributed by atoms with E-state index in [0.717, 1.165) is 11.4 Å². The topological polar surface area (TPSA) is 12.0 Å². The number of likely N-dealkylation sites (N-methyl/N-ethyl adjacent to an activating group) is 1. The number of halogens is 1. The fourth-order valence-electron chi connectivity index (χ4n) is 2.18. The minimum atomic E-state index is 0.324. The zero-order valence-electron chi connectivity index (χ0n) is 11.2. The summed E-state index contributed by atoms with van der Waals surface area (Å²) in [5.74, 6) is 0. The summed E-state index contributed by atoms with van der Waals surface area (Å²) in [4.78, 5) is 1.33. The Labute approximate surface area is 124 Å². The van der Waals surface area contributed by atoms with Crippen molar-refractivity contribution in [2.75, 3.05) is 13.3 Å². The molecule has 100 valence electrons. The third-order valence-electron chi connectivity index (χ3n) is 3.22. The van der Waals surface area contributed by atoms with E-state index in [4.69, 9.17) is 11.6 Å². The molecule has 2 rings (SSSR count). The van der Waals surface area contributed by atoms with Crippen molar-refractivity contribution in [1.82, 2.24) is 5.32 Å². The quantitative estimate of drug-likeness (QED) is 0.810. The highest BCUT2D eigenvalue weighted by Crippen LogP contribution is 2.28. The van der Waals surface area contributed by atoms with Gasteiger partial charge in [-0.2, -0.15) is 0 Å². The van der Waals surface area contributed by atoms with E-state index in [1.54, 1.807) is 11.8 Å². The Bertz CT molecular complexity index is 525. The van der Waals surface area contributed by atoms with E-state index in [9.17, 15) is 0 Å². The van der Waals surface area contributed by atoms with Gasteiger partial charge in [-0.1, -0.05) is 41.9 Å². The lowest BCUT2D eigenvalue weighted by Gasteiger charge is -2.19. The largest absolute Gasteiger partial charge is 0.313 e. The number of benzene rings is 2. The van der Waals surface area contributed by atoms with Crippen LogP contribution in [0.25, 0.3) is 0 Å². The standard InChI is InChI=1S/C16H18ClNS/c1-18-15(11-12-7-9-13(17)10-8-12)14-5-3-4-6-16(14)19-2/h3-10,15,18H,11H2,1-2H3. The summed E-state index contributed by atoms with van der Waals surface area (Å²) in [7, 11) is 2.01. The molecule has 0 saturated carbocycles. The van der Waals surface area contributed by atoms with Crippen LogP contribution >= 0.6 is 23.4 Å². The van der Waals surface area contributed by atoms with Crippen LogP contribution in [0.4, 0.5) is 0 Å². The van der Waals surface area contributed by atoms with Gasteiger partial charge in [0.25, 0.3) is 0 Å². The van der Waals surface area contributed by atoms with Crippen LogP contribution in [0.3, 0.4) is 0 Å². The highest BCUT2D eigenvalue weighted by atomic mass is 35.5. The maximum absolute atomic E-state index is 5.93. The van der Waals surface area contributed by atoms with Crippen molar-refractivity contribution < 1.29 is 0 Å². The second-order valence-corrected chi connectivity index (χ2v) is 5.70. The molecule has 0 spiro atoms. The monoisotopic (exact) mass is 291 g/mol. The summed E-state index contributed by atoms with van der Waals surface area (Å²) >= 11 is 7.72. The molecule has 0 aliphatic heterocycles. The zero-order valence-corrected chi connectivity index (χ0v) is 12.8. The number of nitrogens with one attached hydrogen (secondary N) is 1. The predicted octanol–water partition coefficient (Wildman–Crippen LogP) is 4.57. The number of rotatable bonds is 5. The Balaban J connectivity index is 2.22. The first kappa shape index (κ1) is 14.4. The summed E-state index contributed by atoms with van der Waals surface area (Å²) in [5, 5.41) is 4.20. The molecular weight excluding hydrogens is 274 g/mol. The van der Waals surface area contributed by atoms with Crippen molar-refractivity contribution in [2.45, 2.75) is 17.4 Å². The van der Waals surface area contributed by atoms with Crippen LogP contribution < -0.4 is 5.32 Å². The molecule has 0 amide bonds. The van der Waals surface area contributed by atoms with Gasteiger partial charge >= 0.3 is 0 Å². The second kappa shape index (κ2) is 6.99. The van der Waals surface area contributed by atoms with Crippen molar-refractivity contribution in [3.8, 4) is 0 Å². The molecule has 1 nitrogen and oxygen atoms in total. The van der Waals surface area contributed by atoms with Crippen molar-refractivity contribution in [3.63, 3.8) is 0 Å². The highest BCUT2D eigenvalue weighted by Gasteiger charge is 2.13. The van der Waals surface area contributed by atoms with E-state index < -0.39 is 0 Å². The predicted molar refractivity (Wildman–Crippen MR) is 85.2 cm³/mol. The van der Waals surface area contributed by atoms with Crippen LogP contribution in [0, 0.1) is 0 Å². The Hall–Kier alpha value is -0.960. The zero-order chi connectivity index (χ0) is 13.7. The summed E-state index contributed by atoms with van der Waals surface area (Å²) in [6.45, 7) is 0. The molecule has 0 aliphatic rings. The Morgan fingerprint density at radius 3 is 2.42 bits per heavy atom. The molecule has 1 atom stereocenters. The van der Waals surface area contributed by atoms with Crippen LogP contribution in [-0.2, 0) is 6.42 Å². The van der Waals surface area contributed by atoms with E-state index in [1.807, 2.05) is 19.2 Å².